The molecule has 218 valence electrons. The van der Waals surface area contributed by atoms with Crippen molar-refractivity contribution in [2.75, 3.05) is 32.7 Å². The number of benzene rings is 2. The topological polar surface area (TPSA) is 61.6 Å². The average molecular weight is 555 g/mol. The molecule has 3 aliphatic rings. The molecule has 1 aliphatic carbocycles. The average Bonchev–Trinajstić information content (AvgIpc) is 3.64. The van der Waals surface area contributed by atoms with Crippen molar-refractivity contribution in [2.24, 2.45) is 5.92 Å². The van der Waals surface area contributed by atoms with Crippen LogP contribution in [0.3, 0.4) is 0 Å². The highest BCUT2D eigenvalue weighted by atomic mass is 16.4. The predicted molar refractivity (Wildman–Crippen MR) is 164 cm³/mol. The molecule has 0 amide bonds. The van der Waals surface area contributed by atoms with Gasteiger partial charge in [-0.05, 0) is 63.2 Å². The summed E-state index contributed by atoms with van der Waals surface area (Å²) in [7, 11) is 0. The van der Waals surface area contributed by atoms with Crippen LogP contribution in [-0.2, 0) is 11.3 Å². The number of likely N-dealkylation sites (tertiary alicyclic amines) is 2. The number of nitrogens with zero attached hydrogens (tertiary/aromatic N) is 4. The molecule has 1 N–H and O–H groups in total. The zero-order chi connectivity index (χ0) is 28.2. The van der Waals surface area contributed by atoms with E-state index in [9.17, 15) is 9.90 Å². The van der Waals surface area contributed by atoms with Crippen LogP contribution in [0.25, 0.3) is 11.3 Å². The maximum Gasteiger partial charge on any atom is 0.305 e. The lowest BCUT2D eigenvalue weighted by Gasteiger charge is -2.44. The summed E-state index contributed by atoms with van der Waals surface area (Å²) in [4.78, 5) is 17.3. The van der Waals surface area contributed by atoms with Gasteiger partial charge >= 0.3 is 5.97 Å². The zero-order valence-corrected chi connectivity index (χ0v) is 24.6. The summed E-state index contributed by atoms with van der Waals surface area (Å²) in [5, 5.41) is 14.8. The fourth-order valence-corrected chi connectivity index (χ4v) is 8.12. The van der Waals surface area contributed by atoms with Crippen molar-refractivity contribution < 1.29 is 9.90 Å². The van der Waals surface area contributed by atoms with Crippen molar-refractivity contribution in [3.05, 3.63) is 78.0 Å². The molecule has 1 aromatic heterocycles. The quantitative estimate of drug-likeness (QED) is 0.321. The minimum atomic E-state index is -0.643. The first kappa shape index (κ1) is 28.2. The van der Waals surface area contributed by atoms with Crippen LogP contribution >= 0.6 is 0 Å². The number of hydrogen-bond acceptors (Lipinski definition) is 4. The molecule has 0 radical (unpaired) electrons. The SMILES string of the molecule is CCn1nc(-c2ccccc2)cc1C1CCN(CC2CN(C3(CC(=O)O)CCCCC3)CC2c2ccccc2)CC1. The van der Waals surface area contributed by atoms with Crippen LogP contribution in [0.2, 0.25) is 0 Å². The second-order valence-electron chi connectivity index (χ2n) is 12.7. The largest absolute Gasteiger partial charge is 0.481 e. The number of aromatic nitrogens is 2. The Morgan fingerprint density at radius 2 is 1.63 bits per heavy atom. The van der Waals surface area contributed by atoms with E-state index in [-0.39, 0.29) is 12.0 Å². The number of carbonyl (C=O) groups is 1. The molecule has 2 saturated heterocycles. The Hall–Kier alpha value is -2.96. The van der Waals surface area contributed by atoms with Gasteiger partial charge in [0.1, 0.15) is 0 Å². The first-order valence-electron chi connectivity index (χ1n) is 15.9. The normalized spacial score (nSPS) is 24.0. The van der Waals surface area contributed by atoms with E-state index in [4.69, 9.17) is 5.10 Å². The van der Waals surface area contributed by atoms with Crippen molar-refractivity contribution in [3.63, 3.8) is 0 Å². The van der Waals surface area contributed by atoms with Gasteiger partial charge in [0.15, 0.2) is 0 Å². The van der Waals surface area contributed by atoms with Crippen molar-refractivity contribution >= 4 is 5.97 Å². The Morgan fingerprint density at radius 3 is 2.29 bits per heavy atom. The first-order valence-corrected chi connectivity index (χ1v) is 15.9. The molecular weight excluding hydrogens is 508 g/mol. The Labute approximate surface area is 245 Å². The summed E-state index contributed by atoms with van der Waals surface area (Å²) in [6, 6.07) is 23.9. The van der Waals surface area contributed by atoms with E-state index in [2.05, 4.69) is 88.1 Å². The van der Waals surface area contributed by atoms with Crippen LogP contribution in [0, 0.1) is 5.92 Å². The van der Waals surface area contributed by atoms with Gasteiger partial charge in [0.25, 0.3) is 0 Å². The standard InChI is InChI=1S/C35H46N4O2/c1-2-39-33(22-32(36-39)28-14-8-4-9-15-28)29-16-20-37(21-17-29)24-30-25-38(26-31(30)27-12-6-3-7-13-27)35(23-34(40)41)18-10-5-11-19-35/h3-4,6-9,12-15,22,29-31H,2,5,10-11,16-21,23-26H2,1H3,(H,40,41). The van der Waals surface area contributed by atoms with Crippen LogP contribution in [-0.4, -0.2) is 68.9 Å². The lowest BCUT2D eigenvalue weighted by molar-refractivity contribution is -0.141. The van der Waals surface area contributed by atoms with Crippen molar-refractivity contribution in [3.8, 4) is 11.3 Å². The highest BCUT2D eigenvalue weighted by Crippen LogP contribution is 2.44. The molecule has 3 aromatic rings. The molecule has 6 rings (SSSR count). The van der Waals surface area contributed by atoms with E-state index < -0.39 is 5.97 Å². The summed E-state index contributed by atoms with van der Waals surface area (Å²) in [6.07, 6.45) is 8.19. The van der Waals surface area contributed by atoms with E-state index >= 15 is 0 Å². The molecule has 2 aromatic carbocycles. The molecule has 2 unspecified atom stereocenters. The summed E-state index contributed by atoms with van der Waals surface area (Å²) in [5.41, 5.74) is 4.90. The summed E-state index contributed by atoms with van der Waals surface area (Å²) in [6.45, 7) is 8.40. The monoisotopic (exact) mass is 554 g/mol. The molecule has 0 bridgehead atoms. The molecule has 0 spiro atoms. The van der Waals surface area contributed by atoms with Gasteiger partial charge in [-0.15, -0.1) is 0 Å². The lowest BCUT2D eigenvalue weighted by atomic mass is 9.78. The Morgan fingerprint density at radius 1 is 0.951 bits per heavy atom. The number of carboxylic acid groups (broad SMARTS) is 1. The Bertz CT molecular complexity index is 1280. The summed E-state index contributed by atoms with van der Waals surface area (Å²) < 4.78 is 2.22. The third-order valence-electron chi connectivity index (χ3n) is 10.3. The van der Waals surface area contributed by atoms with Crippen molar-refractivity contribution in [1.29, 1.82) is 0 Å². The van der Waals surface area contributed by atoms with Crippen LogP contribution in [0.1, 0.15) is 81.4 Å². The van der Waals surface area contributed by atoms with Crippen LogP contribution in [0.5, 0.6) is 0 Å². The number of piperidine rings is 1. The minimum Gasteiger partial charge on any atom is -0.481 e. The lowest BCUT2D eigenvalue weighted by Crippen LogP contribution is -2.50. The molecule has 1 saturated carbocycles. The molecule has 3 heterocycles. The second-order valence-corrected chi connectivity index (χ2v) is 12.7. The van der Waals surface area contributed by atoms with Crippen molar-refractivity contribution in [1.82, 2.24) is 19.6 Å². The maximum absolute atomic E-state index is 12.0. The number of carboxylic acids is 1. The zero-order valence-electron chi connectivity index (χ0n) is 24.6. The number of aliphatic carboxylic acids is 1. The van der Waals surface area contributed by atoms with Gasteiger partial charge in [-0.1, -0.05) is 79.9 Å². The third-order valence-corrected chi connectivity index (χ3v) is 10.3. The fourth-order valence-electron chi connectivity index (χ4n) is 8.12. The van der Waals surface area contributed by atoms with E-state index in [1.165, 1.54) is 23.2 Å². The Kier molecular flexibility index (Phi) is 8.59. The van der Waals surface area contributed by atoms with Crippen LogP contribution in [0.4, 0.5) is 0 Å². The molecule has 2 aliphatic heterocycles. The van der Waals surface area contributed by atoms with E-state index in [1.807, 2.05) is 0 Å². The van der Waals surface area contributed by atoms with Gasteiger partial charge in [-0.2, -0.15) is 5.10 Å². The van der Waals surface area contributed by atoms with Gasteiger partial charge < -0.3 is 10.0 Å². The fraction of sp³-hybridized carbons (Fsp3) is 0.543. The summed E-state index contributed by atoms with van der Waals surface area (Å²) in [5.74, 6) is 0.876. The van der Waals surface area contributed by atoms with E-state index in [1.54, 1.807) is 0 Å². The predicted octanol–water partition coefficient (Wildman–Crippen LogP) is 6.64. The van der Waals surface area contributed by atoms with Gasteiger partial charge in [-0.25, -0.2) is 0 Å². The van der Waals surface area contributed by atoms with Crippen LogP contribution < -0.4 is 0 Å². The number of aryl methyl sites for hydroxylation is 1. The second kappa shape index (κ2) is 12.5. The van der Waals surface area contributed by atoms with Crippen LogP contribution in [0.15, 0.2) is 66.7 Å². The number of rotatable bonds is 9. The molecule has 2 atom stereocenters. The van der Waals surface area contributed by atoms with Gasteiger partial charge in [-0.3, -0.25) is 14.4 Å². The molecule has 6 heteroatoms. The first-order chi connectivity index (χ1) is 20.0. The smallest absolute Gasteiger partial charge is 0.305 e. The highest BCUT2D eigenvalue weighted by Gasteiger charge is 2.46. The highest BCUT2D eigenvalue weighted by molar-refractivity contribution is 5.68. The number of hydrogen-bond donors (Lipinski definition) is 1. The molecular formula is C35H46N4O2. The summed E-state index contributed by atoms with van der Waals surface area (Å²) >= 11 is 0. The van der Waals surface area contributed by atoms with E-state index in [0.29, 0.717) is 17.8 Å². The van der Waals surface area contributed by atoms with Gasteiger partial charge in [0.2, 0.25) is 0 Å². The maximum atomic E-state index is 12.0. The third kappa shape index (κ3) is 6.14. The molecule has 41 heavy (non-hydrogen) atoms. The van der Waals surface area contributed by atoms with Crippen molar-refractivity contribution in [2.45, 2.75) is 82.2 Å². The molecule has 6 nitrogen and oxygen atoms in total. The molecule has 3 fully saturated rings. The van der Waals surface area contributed by atoms with Gasteiger partial charge in [0, 0.05) is 54.8 Å². The van der Waals surface area contributed by atoms with E-state index in [0.717, 1.165) is 83.5 Å². The Balaban J connectivity index is 1.15. The minimum absolute atomic E-state index is 0.173. The van der Waals surface area contributed by atoms with Gasteiger partial charge in [0.05, 0.1) is 12.1 Å².